The number of ether oxygens (including phenoxy) is 1. The van der Waals surface area contributed by atoms with Crippen molar-refractivity contribution in [3.8, 4) is 5.75 Å². The van der Waals surface area contributed by atoms with Gasteiger partial charge >= 0.3 is 0 Å². The number of hydrogen-bond donors (Lipinski definition) is 1. The minimum absolute atomic E-state index is 0.0327. The van der Waals surface area contributed by atoms with Gasteiger partial charge in [0.25, 0.3) is 5.91 Å². The third-order valence-corrected chi connectivity index (χ3v) is 2.46. The Balaban J connectivity index is 2.34. The highest BCUT2D eigenvalue weighted by Crippen LogP contribution is 2.11. The smallest absolute Gasteiger partial charge is 0.260 e. The van der Waals surface area contributed by atoms with Gasteiger partial charge in [0.1, 0.15) is 5.75 Å². The average Bonchev–Trinajstić information content (AvgIpc) is 2.34. The van der Waals surface area contributed by atoms with Crippen LogP contribution in [0.4, 0.5) is 0 Å². The van der Waals surface area contributed by atoms with Crippen LogP contribution in [0.5, 0.6) is 5.75 Å². The van der Waals surface area contributed by atoms with E-state index >= 15 is 0 Å². The fourth-order valence-corrected chi connectivity index (χ4v) is 1.32. The van der Waals surface area contributed by atoms with Gasteiger partial charge in [0.05, 0.1) is 0 Å². The monoisotopic (exact) mass is 237 g/mol. The molecule has 17 heavy (non-hydrogen) atoms. The number of nitrogens with zero attached hydrogens (tertiary/aromatic N) is 1. The van der Waals surface area contributed by atoms with Gasteiger partial charge in [-0.1, -0.05) is 17.7 Å². The Hall–Kier alpha value is -1.55. The molecule has 1 aromatic carbocycles. The van der Waals surface area contributed by atoms with Gasteiger partial charge in [-0.25, -0.2) is 0 Å². The Bertz CT molecular complexity index is 348. The predicted molar refractivity (Wildman–Crippen MR) is 66.0 cm³/mol. The van der Waals surface area contributed by atoms with Crippen molar-refractivity contribution in [1.82, 2.24) is 4.90 Å². The van der Waals surface area contributed by atoms with Crippen molar-refractivity contribution in [1.29, 1.82) is 0 Å². The van der Waals surface area contributed by atoms with Gasteiger partial charge in [0, 0.05) is 20.2 Å². The molecule has 1 amide bonds. The molecule has 0 fully saturated rings. The lowest BCUT2D eigenvalue weighted by Crippen LogP contribution is -2.32. The quantitative estimate of drug-likeness (QED) is 0.809. The minimum atomic E-state index is -0.0842. The number of aryl methyl sites for hydroxylation is 1. The van der Waals surface area contributed by atoms with Crippen molar-refractivity contribution in [2.45, 2.75) is 13.3 Å². The summed E-state index contributed by atoms with van der Waals surface area (Å²) >= 11 is 0. The number of rotatable bonds is 6. The summed E-state index contributed by atoms with van der Waals surface area (Å²) in [7, 11) is 1.70. The van der Waals surface area contributed by atoms with E-state index in [0.717, 1.165) is 5.56 Å². The first-order valence-electron chi connectivity index (χ1n) is 5.68. The topological polar surface area (TPSA) is 49.8 Å². The lowest BCUT2D eigenvalue weighted by atomic mass is 10.2. The molecule has 0 aliphatic heterocycles. The number of aliphatic hydroxyl groups excluding tert-OH is 1. The maximum absolute atomic E-state index is 11.6. The lowest BCUT2D eigenvalue weighted by molar-refractivity contribution is -0.132. The number of benzene rings is 1. The van der Waals surface area contributed by atoms with Gasteiger partial charge in [0.2, 0.25) is 0 Å². The van der Waals surface area contributed by atoms with Gasteiger partial charge in [-0.3, -0.25) is 4.79 Å². The number of amides is 1. The Labute approximate surface area is 102 Å². The van der Waals surface area contributed by atoms with E-state index in [0.29, 0.717) is 18.7 Å². The SMILES string of the molecule is Cc1ccc(OCC(=O)N(C)CCCO)cc1. The first-order valence-corrected chi connectivity index (χ1v) is 5.68. The van der Waals surface area contributed by atoms with Crippen LogP contribution in [-0.2, 0) is 4.79 Å². The summed E-state index contributed by atoms with van der Waals surface area (Å²) in [5.74, 6) is 0.610. The molecule has 1 N–H and O–H groups in total. The molecule has 0 atom stereocenters. The van der Waals surface area contributed by atoms with E-state index in [1.165, 1.54) is 0 Å². The number of hydrogen-bond acceptors (Lipinski definition) is 3. The number of carbonyl (C=O) groups is 1. The first-order chi connectivity index (χ1) is 8.13. The molecular formula is C13H19NO3. The molecule has 1 rings (SSSR count). The Morgan fingerprint density at radius 1 is 1.35 bits per heavy atom. The molecule has 4 nitrogen and oxygen atoms in total. The normalized spacial score (nSPS) is 10.1. The largest absolute Gasteiger partial charge is 0.484 e. The molecule has 1 aromatic rings. The van der Waals surface area contributed by atoms with Gasteiger partial charge < -0.3 is 14.7 Å². The number of aliphatic hydroxyl groups is 1. The summed E-state index contributed by atoms with van der Waals surface area (Å²) < 4.78 is 5.37. The second-order valence-electron chi connectivity index (χ2n) is 3.99. The van der Waals surface area contributed by atoms with Crippen molar-refractivity contribution in [3.05, 3.63) is 29.8 Å². The second-order valence-corrected chi connectivity index (χ2v) is 3.99. The third kappa shape index (κ3) is 4.87. The van der Waals surface area contributed by atoms with Crippen molar-refractivity contribution < 1.29 is 14.6 Å². The van der Waals surface area contributed by atoms with Crippen molar-refractivity contribution in [2.75, 3.05) is 26.8 Å². The molecule has 0 aliphatic rings. The molecule has 0 bridgehead atoms. The fraction of sp³-hybridized carbons (Fsp3) is 0.462. The first kappa shape index (κ1) is 13.5. The van der Waals surface area contributed by atoms with Crippen LogP contribution in [0.25, 0.3) is 0 Å². The molecule has 0 saturated carbocycles. The maximum Gasteiger partial charge on any atom is 0.260 e. The highest BCUT2D eigenvalue weighted by molar-refractivity contribution is 5.77. The van der Waals surface area contributed by atoms with Crippen LogP contribution in [-0.4, -0.2) is 42.7 Å². The molecule has 0 aliphatic carbocycles. The molecule has 0 heterocycles. The summed E-state index contributed by atoms with van der Waals surface area (Å²) in [5.41, 5.74) is 1.16. The molecule has 94 valence electrons. The van der Waals surface area contributed by atoms with E-state index in [2.05, 4.69) is 0 Å². The summed E-state index contributed by atoms with van der Waals surface area (Å²) in [5, 5.41) is 8.66. The van der Waals surface area contributed by atoms with Crippen LogP contribution >= 0.6 is 0 Å². The van der Waals surface area contributed by atoms with Crippen LogP contribution in [0, 0.1) is 6.92 Å². The van der Waals surface area contributed by atoms with Crippen LogP contribution in [0.3, 0.4) is 0 Å². The Kier molecular flexibility index (Phi) is 5.49. The fourth-order valence-electron chi connectivity index (χ4n) is 1.32. The molecule has 0 saturated heterocycles. The molecule has 0 aromatic heterocycles. The van der Waals surface area contributed by atoms with Gasteiger partial charge in [-0.2, -0.15) is 0 Å². The highest BCUT2D eigenvalue weighted by atomic mass is 16.5. The zero-order chi connectivity index (χ0) is 12.7. The Morgan fingerprint density at radius 3 is 2.59 bits per heavy atom. The van der Waals surface area contributed by atoms with Crippen LogP contribution in [0.1, 0.15) is 12.0 Å². The van der Waals surface area contributed by atoms with Gasteiger partial charge in [-0.15, -0.1) is 0 Å². The highest BCUT2D eigenvalue weighted by Gasteiger charge is 2.08. The zero-order valence-electron chi connectivity index (χ0n) is 10.3. The van der Waals surface area contributed by atoms with E-state index in [1.54, 1.807) is 11.9 Å². The van der Waals surface area contributed by atoms with Crippen LogP contribution in [0.15, 0.2) is 24.3 Å². The molecule has 0 unspecified atom stereocenters. The predicted octanol–water partition coefficient (Wildman–Crippen LogP) is 1.21. The molecule has 0 spiro atoms. The standard InChI is InChI=1S/C13H19NO3/c1-11-4-6-12(7-5-11)17-10-13(16)14(2)8-3-9-15/h4-7,15H,3,8-10H2,1-2H3. The molecule has 4 heteroatoms. The van der Waals surface area contributed by atoms with Gasteiger partial charge in [0.15, 0.2) is 6.61 Å². The third-order valence-electron chi connectivity index (χ3n) is 2.46. The zero-order valence-corrected chi connectivity index (χ0v) is 10.3. The summed E-state index contributed by atoms with van der Waals surface area (Å²) in [6, 6.07) is 7.57. The minimum Gasteiger partial charge on any atom is -0.484 e. The van der Waals surface area contributed by atoms with Crippen molar-refractivity contribution >= 4 is 5.91 Å². The maximum atomic E-state index is 11.6. The van der Waals surface area contributed by atoms with E-state index < -0.39 is 0 Å². The summed E-state index contributed by atoms with van der Waals surface area (Å²) in [6.45, 7) is 2.67. The number of likely N-dealkylation sites (N-methyl/N-ethyl adjacent to an activating group) is 1. The molecular weight excluding hydrogens is 218 g/mol. The number of carbonyl (C=O) groups excluding carboxylic acids is 1. The van der Waals surface area contributed by atoms with Crippen LogP contribution < -0.4 is 4.74 Å². The van der Waals surface area contributed by atoms with E-state index in [1.807, 2.05) is 31.2 Å². The second kappa shape index (κ2) is 6.91. The van der Waals surface area contributed by atoms with Crippen LogP contribution in [0.2, 0.25) is 0 Å². The van der Waals surface area contributed by atoms with Gasteiger partial charge in [-0.05, 0) is 25.5 Å². The summed E-state index contributed by atoms with van der Waals surface area (Å²) in [6.07, 6.45) is 0.590. The Morgan fingerprint density at radius 2 is 2.00 bits per heavy atom. The van der Waals surface area contributed by atoms with E-state index in [-0.39, 0.29) is 19.1 Å². The lowest BCUT2D eigenvalue weighted by Gasteiger charge is -2.16. The van der Waals surface area contributed by atoms with E-state index in [9.17, 15) is 4.79 Å². The van der Waals surface area contributed by atoms with Crippen molar-refractivity contribution in [2.24, 2.45) is 0 Å². The average molecular weight is 237 g/mol. The summed E-state index contributed by atoms with van der Waals surface area (Å²) in [4.78, 5) is 13.2. The van der Waals surface area contributed by atoms with Crippen molar-refractivity contribution in [3.63, 3.8) is 0 Å². The molecule has 0 radical (unpaired) electrons. The van der Waals surface area contributed by atoms with E-state index in [4.69, 9.17) is 9.84 Å².